The van der Waals surface area contributed by atoms with Crippen LogP contribution in [0.25, 0.3) is 10.8 Å². The number of pyridine rings is 1. The van der Waals surface area contributed by atoms with Gasteiger partial charge in [-0.15, -0.1) is 0 Å². The van der Waals surface area contributed by atoms with Gasteiger partial charge in [0.05, 0.1) is 12.2 Å². The fourth-order valence-corrected chi connectivity index (χ4v) is 2.31. The van der Waals surface area contributed by atoms with Crippen molar-refractivity contribution in [1.29, 1.82) is 0 Å². The summed E-state index contributed by atoms with van der Waals surface area (Å²) >= 11 is 0. The molecule has 0 aliphatic carbocycles. The number of benzene rings is 1. The summed E-state index contributed by atoms with van der Waals surface area (Å²) in [6, 6.07) is 5.88. The summed E-state index contributed by atoms with van der Waals surface area (Å²) in [7, 11) is 0. The van der Waals surface area contributed by atoms with Crippen molar-refractivity contribution in [3.8, 4) is 0 Å². The Morgan fingerprint density at radius 2 is 2.00 bits per heavy atom. The lowest BCUT2D eigenvalue weighted by Gasteiger charge is -2.10. The predicted molar refractivity (Wildman–Crippen MR) is 84.2 cm³/mol. The fraction of sp³-hybridized carbons (Fsp3) is 0.250. The molecule has 0 unspecified atom stereocenters. The van der Waals surface area contributed by atoms with E-state index in [1.165, 1.54) is 0 Å². The van der Waals surface area contributed by atoms with Gasteiger partial charge in [-0.1, -0.05) is 0 Å². The molecule has 0 aliphatic rings. The number of fused-ring (bicyclic) bond motifs is 1. The van der Waals surface area contributed by atoms with E-state index >= 15 is 0 Å². The molecular weight excluding hydrogens is 264 g/mol. The molecule has 5 nitrogen and oxygen atoms in total. The molecule has 3 aromatic rings. The van der Waals surface area contributed by atoms with E-state index in [9.17, 15) is 0 Å². The number of hydrogen-bond acceptors (Lipinski definition) is 5. The number of rotatable bonds is 3. The van der Waals surface area contributed by atoms with Crippen LogP contribution in [0.5, 0.6) is 0 Å². The Morgan fingerprint density at radius 1 is 1.19 bits per heavy atom. The first-order valence-electron chi connectivity index (χ1n) is 6.86. The zero-order chi connectivity index (χ0) is 15.0. The fourth-order valence-electron chi connectivity index (χ4n) is 2.31. The molecule has 2 heterocycles. The van der Waals surface area contributed by atoms with Crippen LogP contribution in [-0.4, -0.2) is 9.97 Å². The Bertz CT molecular complexity index is 788. The second-order valence-electron chi connectivity index (χ2n) is 5.18. The molecule has 2 aromatic heterocycles. The maximum Gasteiger partial charge on any atom is 0.213 e. The summed E-state index contributed by atoms with van der Waals surface area (Å²) in [4.78, 5) is 8.68. The average molecular weight is 282 g/mol. The van der Waals surface area contributed by atoms with E-state index in [0.717, 1.165) is 39.3 Å². The van der Waals surface area contributed by atoms with Crippen molar-refractivity contribution in [2.24, 2.45) is 0 Å². The van der Waals surface area contributed by atoms with E-state index in [4.69, 9.17) is 10.2 Å². The minimum Gasteiger partial charge on any atom is -0.444 e. The van der Waals surface area contributed by atoms with Gasteiger partial charge in [-0.05, 0) is 39.0 Å². The zero-order valence-corrected chi connectivity index (χ0v) is 12.4. The SMILES string of the molecule is Cc1cc2c(NCc3nc(C)c(C)o3)ccc(N)c2cn1. The molecule has 0 aliphatic heterocycles. The number of nitrogens with two attached hydrogens (primary N) is 1. The van der Waals surface area contributed by atoms with Crippen molar-refractivity contribution in [1.82, 2.24) is 9.97 Å². The topological polar surface area (TPSA) is 77.0 Å². The van der Waals surface area contributed by atoms with Gasteiger partial charge in [-0.25, -0.2) is 4.98 Å². The van der Waals surface area contributed by atoms with Crippen LogP contribution in [0.15, 0.2) is 28.8 Å². The van der Waals surface area contributed by atoms with Gasteiger partial charge in [0.2, 0.25) is 5.89 Å². The second kappa shape index (κ2) is 5.09. The lowest BCUT2D eigenvalue weighted by Crippen LogP contribution is -2.01. The van der Waals surface area contributed by atoms with Crippen LogP contribution < -0.4 is 11.1 Å². The van der Waals surface area contributed by atoms with Crippen LogP contribution >= 0.6 is 0 Å². The van der Waals surface area contributed by atoms with Crippen molar-refractivity contribution >= 4 is 22.1 Å². The first kappa shape index (κ1) is 13.4. The zero-order valence-electron chi connectivity index (χ0n) is 12.4. The Labute approximate surface area is 123 Å². The summed E-state index contributed by atoms with van der Waals surface area (Å²) in [6.07, 6.45) is 1.81. The highest BCUT2D eigenvalue weighted by Crippen LogP contribution is 2.28. The number of nitrogens with zero attached hydrogens (tertiary/aromatic N) is 2. The van der Waals surface area contributed by atoms with Crippen LogP contribution in [0.2, 0.25) is 0 Å². The first-order valence-corrected chi connectivity index (χ1v) is 6.86. The van der Waals surface area contributed by atoms with Gasteiger partial charge < -0.3 is 15.5 Å². The van der Waals surface area contributed by atoms with Crippen molar-refractivity contribution < 1.29 is 4.42 Å². The summed E-state index contributed by atoms with van der Waals surface area (Å²) in [5.74, 6) is 1.54. The molecular formula is C16H18N4O. The standard InChI is InChI=1S/C16H18N4O/c1-9-6-12-13(7-18-9)14(17)4-5-15(12)19-8-16-20-10(2)11(3)21-16/h4-7,19H,8,17H2,1-3H3. The van der Waals surface area contributed by atoms with Crippen molar-refractivity contribution in [2.75, 3.05) is 11.1 Å². The third-order valence-corrected chi connectivity index (χ3v) is 3.57. The summed E-state index contributed by atoms with van der Waals surface area (Å²) in [5.41, 5.74) is 9.62. The molecule has 3 rings (SSSR count). The number of anilines is 2. The van der Waals surface area contributed by atoms with E-state index in [1.807, 2.05) is 45.2 Å². The average Bonchev–Trinajstić information content (AvgIpc) is 2.77. The molecule has 0 amide bonds. The van der Waals surface area contributed by atoms with Crippen molar-refractivity contribution in [3.05, 3.63) is 47.4 Å². The van der Waals surface area contributed by atoms with E-state index in [-0.39, 0.29) is 0 Å². The highest BCUT2D eigenvalue weighted by Gasteiger charge is 2.08. The van der Waals surface area contributed by atoms with Crippen LogP contribution in [0.4, 0.5) is 11.4 Å². The molecule has 0 fully saturated rings. The summed E-state index contributed by atoms with van der Waals surface area (Å²) in [5, 5.41) is 5.37. The monoisotopic (exact) mass is 282 g/mol. The van der Waals surface area contributed by atoms with Crippen molar-refractivity contribution in [3.63, 3.8) is 0 Å². The lowest BCUT2D eigenvalue weighted by molar-refractivity contribution is 0.478. The molecule has 1 aromatic carbocycles. The van der Waals surface area contributed by atoms with Gasteiger partial charge in [0.1, 0.15) is 5.76 Å². The summed E-state index contributed by atoms with van der Waals surface area (Å²) in [6.45, 7) is 6.36. The van der Waals surface area contributed by atoms with Gasteiger partial charge in [-0.3, -0.25) is 4.98 Å². The smallest absolute Gasteiger partial charge is 0.213 e. The van der Waals surface area contributed by atoms with Gasteiger partial charge >= 0.3 is 0 Å². The van der Waals surface area contributed by atoms with Crippen LogP contribution in [-0.2, 0) is 6.54 Å². The third-order valence-electron chi connectivity index (χ3n) is 3.57. The van der Waals surface area contributed by atoms with E-state index in [0.29, 0.717) is 12.4 Å². The molecule has 0 atom stereocenters. The number of aryl methyl sites for hydroxylation is 3. The molecule has 0 bridgehead atoms. The van der Waals surface area contributed by atoms with Crippen LogP contribution in [0, 0.1) is 20.8 Å². The van der Waals surface area contributed by atoms with E-state index in [1.54, 1.807) is 0 Å². The molecule has 0 radical (unpaired) electrons. The molecule has 21 heavy (non-hydrogen) atoms. The Hall–Kier alpha value is -2.56. The van der Waals surface area contributed by atoms with Crippen LogP contribution in [0.3, 0.4) is 0 Å². The quantitative estimate of drug-likeness (QED) is 0.720. The maximum absolute atomic E-state index is 6.01. The van der Waals surface area contributed by atoms with Crippen LogP contribution in [0.1, 0.15) is 23.0 Å². The van der Waals surface area contributed by atoms with Gasteiger partial charge in [0.25, 0.3) is 0 Å². The molecule has 108 valence electrons. The predicted octanol–water partition coefficient (Wildman–Crippen LogP) is 3.34. The molecule has 5 heteroatoms. The van der Waals surface area contributed by atoms with E-state index < -0.39 is 0 Å². The molecule has 0 spiro atoms. The number of hydrogen-bond donors (Lipinski definition) is 2. The molecule has 0 saturated heterocycles. The highest BCUT2D eigenvalue weighted by molar-refractivity contribution is 6.00. The Balaban J connectivity index is 1.93. The third kappa shape index (κ3) is 2.54. The van der Waals surface area contributed by atoms with Gasteiger partial charge in [0.15, 0.2) is 0 Å². The minimum absolute atomic E-state index is 0.537. The van der Waals surface area contributed by atoms with Crippen molar-refractivity contribution in [2.45, 2.75) is 27.3 Å². The lowest BCUT2D eigenvalue weighted by atomic mass is 10.1. The minimum atomic E-state index is 0.537. The number of nitrogen functional groups attached to an aromatic ring is 1. The number of nitrogens with one attached hydrogen (secondary N) is 1. The van der Waals surface area contributed by atoms with E-state index in [2.05, 4.69) is 15.3 Å². The molecule has 0 saturated carbocycles. The van der Waals surface area contributed by atoms with Gasteiger partial charge in [0, 0.05) is 34.0 Å². The Kier molecular flexibility index (Phi) is 3.25. The first-order chi connectivity index (χ1) is 10.0. The Morgan fingerprint density at radius 3 is 2.71 bits per heavy atom. The number of aromatic nitrogens is 2. The number of oxazole rings is 1. The molecule has 3 N–H and O–H groups in total. The second-order valence-corrected chi connectivity index (χ2v) is 5.18. The maximum atomic E-state index is 6.01. The summed E-state index contributed by atoms with van der Waals surface area (Å²) < 4.78 is 5.58. The largest absolute Gasteiger partial charge is 0.444 e. The normalized spacial score (nSPS) is 11.0. The van der Waals surface area contributed by atoms with Gasteiger partial charge in [-0.2, -0.15) is 0 Å². The highest BCUT2D eigenvalue weighted by atomic mass is 16.4.